The molecule has 0 heterocycles. The normalized spacial score (nSPS) is 12.7. The standard InChI is InChI=1S/C41H79NO3/c1-6-10-14-16-18-20-22-24-26-28-30-34-38(43)41(5,36-32-12-8-3)40(45)42(37-33-13-9-4)39(44)35-31-29-27-25-23-21-19-17-15-11-7-2/h6-37H2,1-5H3. The van der Waals surface area contributed by atoms with Crippen LogP contribution in [0.1, 0.15) is 234 Å². The van der Waals surface area contributed by atoms with E-state index in [9.17, 15) is 14.4 Å². The van der Waals surface area contributed by atoms with Gasteiger partial charge in [-0.25, -0.2) is 0 Å². The van der Waals surface area contributed by atoms with Gasteiger partial charge in [0, 0.05) is 19.4 Å². The van der Waals surface area contributed by atoms with E-state index in [0.29, 0.717) is 25.8 Å². The molecule has 0 spiro atoms. The van der Waals surface area contributed by atoms with Gasteiger partial charge >= 0.3 is 0 Å². The SMILES string of the molecule is CCCCCCCCCCCCCC(=O)N(CCCCC)C(=O)C(C)(CCCCC)C(=O)CCCCCCCCCCCCC. The number of carbonyl (C=O) groups is 3. The van der Waals surface area contributed by atoms with Gasteiger partial charge in [0.05, 0.1) is 0 Å². The highest BCUT2D eigenvalue weighted by Crippen LogP contribution is 2.32. The van der Waals surface area contributed by atoms with Crippen molar-refractivity contribution >= 4 is 17.6 Å². The number of hydrogen-bond donors (Lipinski definition) is 0. The Morgan fingerprint density at radius 3 is 1.18 bits per heavy atom. The number of Topliss-reactive ketones (excluding diaryl/α,β-unsaturated/α-hetero) is 1. The maximum absolute atomic E-state index is 14.1. The van der Waals surface area contributed by atoms with Crippen LogP contribution in [0.5, 0.6) is 0 Å². The fourth-order valence-electron chi connectivity index (χ4n) is 6.55. The van der Waals surface area contributed by atoms with Crippen LogP contribution in [0.4, 0.5) is 0 Å². The summed E-state index contributed by atoms with van der Waals surface area (Å²) in [7, 11) is 0. The molecular formula is C41H79NO3. The first-order valence-corrected chi connectivity index (χ1v) is 20.3. The zero-order chi connectivity index (χ0) is 33.4. The summed E-state index contributed by atoms with van der Waals surface area (Å²) >= 11 is 0. The van der Waals surface area contributed by atoms with Gasteiger partial charge in [0.2, 0.25) is 11.8 Å². The second-order valence-electron chi connectivity index (χ2n) is 14.3. The molecular weight excluding hydrogens is 554 g/mol. The van der Waals surface area contributed by atoms with Gasteiger partial charge in [0.1, 0.15) is 11.2 Å². The van der Waals surface area contributed by atoms with Crippen LogP contribution in [-0.2, 0) is 14.4 Å². The predicted molar refractivity (Wildman–Crippen MR) is 196 cm³/mol. The van der Waals surface area contributed by atoms with Gasteiger partial charge < -0.3 is 0 Å². The van der Waals surface area contributed by atoms with E-state index in [2.05, 4.69) is 27.7 Å². The van der Waals surface area contributed by atoms with E-state index in [1.165, 1.54) is 114 Å². The lowest BCUT2D eigenvalue weighted by atomic mass is 9.77. The van der Waals surface area contributed by atoms with E-state index >= 15 is 0 Å². The predicted octanol–water partition coefficient (Wildman–Crippen LogP) is 13.1. The first kappa shape index (κ1) is 43.8. The molecule has 0 aromatic rings. The molecule has 0 aliphatic heterocycles. The van der Waals surface area contributed by atoms with Crippen LogP contribution in [0.3, 0.4) is 0 Å². The van der Waals surface area contributed by atoms with E-state index in [4.69, 9.17) is 0 Å². The molecule has 0 aliphatic rings. The van der Waals surface area contributed by atoms with Gasteiger partial charge in [-0.3, -0.25) is 19.3 Å². The van der Waals surface area contributed by atoms with Crippen molar-refractivity contribution in [3.8, 4) is 0 Å². The highest BCUT2D eigenvalue weighted by molar-refractivity contribution is 6.10. The molecule has 1 atom stereocenters. The van der Waals surface area contributed by atoms with Crippen LogP contribution < -0.4 is 0 Å². The summed E-state index contributed by atoms with van der Waals surface area (Å²) in [4.78, 5) is 42.8. The molecule has 2 amide bonds. The number of hydrogen-bond acceptors (Lipinski definition) is 3. The largest absolute Gasteiger partial charge is 0.299 e. The van der Waals surface area contributed by atoms with Crippen molar-refractivity contribution < 1.29 is 14.4 Å². The average Bonchev–Trinajstić information content (AvgIpc) is 3.04. The average molecular weight is 634 g/mol. The van der Waals surface area contributed by atoms with Gasteiger partial charge in [0.15, 0.2) is 0 Å². The van der Waals surface area contributed by atoms with Crippen molar-refractivity contribution in [1.82, 2.24) is 4.90 Å². The summed E-state index contributed by atoms with van der Waals surface area (Å²) in [6.07, 6.45) is 34.6. The topological polar surface area (TPSA) is 54.5 Å². The minimum Gasteiger partial charge on any atom is -0.299 e. The molecule has 0 bridgehead atoms. The summed E-state index contributed by atoms with van der Waals surface area (Å²) in [6.45, 7) is 11.1. The third-order valence-electron chi connectivity index (χ3n) is 9.90. The maximum Gasteiger partial charge on any atom is 0.242 e. The summed E-state index contributed by atoms with van der Waals surface area (Å²) in [5, 5.41) is 0. The van der Waals surface area contributed by atoms with Gasteiger partial charge in [0.25, 0.3) is 0 Å². The lowest BCUT2D eigenvalue weighted by Crippen LogP contribution is -2.49. The molecule has 0 radical (unpaired) electrons. The lowest BCUT2D eigenvalue weighted by molar-refractivity contribution is -0.155. The monoisotopic (exact) mass is 634 g/mol. The quantitative estimate of drug-likeness (QED) is 0.0523. The molecule has 0 aliphatic carbocycles. The Balaban J connectivity index is 4.89. The van der Waals surface area contributed by atoms with Crippen LogP contribution >= 0.6 is 0 Å². The first-order chi connectivity index (χ1) is 21.9. The smallest absolute Gasteiger partial charge is 0.242 e. The summed E-state index contributed by atoms with van der Waals surface area (Å²) in [5.41, 5.74) is -1.08. The molecule has 0 saturated carbocycles. The van der Waals surface area contributed by atoms with E-state index in [-0.39, 0.29) is 17.6 Å². The number of amides is 2. The van der Waals surface area contributed by atoms with Crippen molar-refractivity contribution in [3.05, 3.63) is 0 Å². The van der Waals surface area contributed by atoms with E-state index in [1.807, 2.05) is 6.92 Å². The number of nitrogens with zero attached hydrogens (tertiary/aromatic N) is 1. The third kappa shape index (κ3) is 22.9. The molecule has 0 fully saturated rings. The molecule has 4 nitrogen and oxygen atoms in total. The molecule has 0 aromatic heterocycles. The Morgan fingerprint density at radius 2 is 0.756 bits per heavy atom. The Kier molecular flexibility index (Phi) is 30.6. The van der Waals surface area contributed by atoms with Gasteiger partial charge in [-0.2, -0.15) is 0 Å². The van der Waals surface area contributed by atoms with Crippen LogP contribution in [0, 0.1) is 5.41 Å². The zero-order valence-corrected chi connectivity index (χ0v) is 31.3. The minimum atomic E-state index is -1.08. The maximum atomic E-state index is 14.1. The molecule has 0 saturated heterocycles. The van der Waals surface area contributed by atoms with Gasteiger partial charge in [-0.15, -0.1) is 0 Å². The molecule has 266 valence electrons. The summed E-state index contributed by atoms with van der Waals surface area (Å²) in [6, 6.07) is 0. The third-order valence-corrected chi connectivity index (χ3v) is 9.90. The molecule has 1 unspecified atom stereocenters. The number of carbonyl (C=O) groups excluding carboxylic acids is 3. The summed E-state index contributed by atoms with van der Waals surface area (Å²) in [5.74, 6) is -0.213. The van der Waals surface area contributed by atoms with Crippen molar-refractivity contribution in [2.45, 2.75) is 234 Å². The van der Waals surface area contributed by atoms with Crippen molar-refractivity contribution in [2.24, 2.45) is 5.41 Å². The molecule has 45 heavy (non-hydrogen) atoms. The Bertz CT molecular complexity index is 705. The van der Waals surface area contributed by atoms with Crippen LogP contribution in [0.25, 0.3) is 0 Å². The zero-order valence-electron chi connectivity index (χ0n) is 31.3. The number of imide groups is 1. The molecule has 4 heteroatoms. The Hall–Kier alpha value is -1.19. The van der Waals surface area contributed by atoms with Crippen molar-refractivity contribution in [2.75, 3.05) is 6.54 Å². The van der Waals surface area contributed by atoms with E-state index < -0.39 is 5.41 Å². The minimum absolute atomic E-state index is 0.0579. The number of ketones is 1. The van der Waals surface area contributed by atoms with Crippen molar-refractivity contribution in [3.63, 3.8) is 0 Å². The fraction of sp³-hybridized carbons (Fsp3) is 0.927. The Morgan fingerprint density at radius 1 is 0.422 bits per heavy atom. The second kappa shape index (κ2) is 31.4. The van der Waals surface area contributed by atoms with E-state index in [1.54, 1.807) is 0 Å². The molecule has 0 rings (SSSR count). The van der Waals surface area contributed by atoms with Crippen LogP contribution in [0.2, 0.25) is 0 Å². The highest BCUT2D eigenvalue weighted by Gasteiger charge is 2.43. The Labute approximate surface area is 282 Å². The second-order valence-corrected chi connectivity index (χ2v) is 14.3. The number of rotatable bonds is 34. The number of unbranched alkanes of at least 4 members (excludes halogenated alkanes) is 24. The van der Waals surface area contributed by atoms with E-state index in [0.717, 1.165) is 70.6 Å². The molecule has 0 N–H and O–H groups in total. The fourth-order valence-corrected chi connectivity index (χ4v) is 6.55. The highest BCUT2D eigenvalue weighted by atomic mass is 16.2. The molecule has 0 aromatic carbocycles. The summed E-state index contributed by atoms with van der Waals surface area (Å²) < 4.78 is 0. The van der Waals surface area contributed by atoms with Crippen LogP contribution in [0.15, 0.2) is 0 Å². The lowest BCUT2D eigenvalue weighted by Gasteiger charge is -2.33. The van der Waals surface area contributed by atoms with Crippen molar-refractivity contribution in [1.29, 1.82) is 0 Å². The first-order valence-electron chi connectivity index (χ1n) is 20.3. The van der Waals surface area contributed by atoms with Gasteiger partial charge in [-0.05, 0) is 32.6 Å². The van der Waals surface area contributed by atoms with Gasteiger partial charge in [-0.1, -0.05) is 188 Å². The van der Waals surface area contributed by atoms with Crippen LogP contribution in [-0.4, -0.2) is 29.0 Å².